The zero-order chi connectivity index (χ0) is 19.0. The van der Waals surface area contributed by atoms with Gasteiger partial charge in [0.05, 0.1) is 16.5 Å². The van der Waals surface area contributed by atoms with E-state index in [4.69, 9.17) is 0 Å². The van der Waals surface area contributed by atoms with E-state index in [1.54, 1.807) is 13.0 Å². The molecule has 3 heterocycles. The summed E-state index contributed by atoms with van der Waals surface area (Å²) in [7, 11) is 0. The second-order valence-corrected chi connectivity index (χ2v) is 5.70. The molecule has 4 aromatic rings. The monoisotopic (exact) mass is 371 g/mol. The Kier molecular flexibility index (Phi) is 3.94. The molecule has 0 fully saturated rings. The van der Waals surface area contributed by atoms with Gasteiger partial charge in [-0.05, 0) is 19.1 Å². The molecule has 0 unspecified atom stereocenters. The SMILES string of the molecule is Cc1nc(Nc2nc(-c3ccccc3C(F)(F)F)nc3ccncc23)n[nH]1. The van der Waals surface area contributed by atoms with Crippen molar-refractivity contribution in [1.29, 1.82) is 0 Å². The molecule has 0 saturated heterocycles. The highest BCUT2D eigenvalue weighted by Gasteiger charge is 2.34. The van der Waals surface area contributed by atoms with Crippen molar-refractivity contribution >= 4 is 22.7 Å². The van der Waals surface area contributed by atoms with Gasteiger partial charge in [-0.1, -0.05) is 18.2 Å². The topological polar surface area (TPSA) is 92.3 Å². The summed E-state index contributed by atoms with van der Waals surface area (Å²) in [6.07, 6.45) is -1.49. The minimum atomic E-state index is -4.53. The first-order chi connectivity index (χ1) is 12.9. The van der Waals surface area contributed by atoms with Crippen molar-refractivity contribution in [3.63, 3.8) is 0 Å². The Hall–Kier alpha value is -3.56. The number of aryl methyl sites for hydroxylation is 1. The molecule has 1 aromatic carbocycles. The number of alkyl halides is 3. The molecule has 27 heavy (non-hydrogen) atoms. The molecule has 0 aliphatic carbocycles. The number of aromatic nitrogens is 6. The van der Waals surface area contributed by atoms with Crippen molar-refractivity contribution in [1.82, 2.24) is 30.1 Å². The second kappa shape index (κ2) is 6.31. The zero-order valence-corrected chi connectivity index (χ0v) is 13.9. The Morgan fingerprint density at radius 2 is 1.85 bits per heavy atom. The number of hydrogen-bond donors (Lipinski definition) is 2. The number of aromatic amines is 1. The van der Waals surface area contributed by atoms with Gasteiger partial charge >= 0.3 is 6.18 Å². The second-order valence-electron chi connectivity index (χ2n) is 5.70. The lowest BCUT2D eigenvalue weighted by Gasteiger charge is -2.13. The van der Waals surface area contributed by atoms with Crippen LogP contribution in [0.1, 0.15) is 11.4 Å². The fourth-order valence-electron chi connectivity index (χ4n) is 2.62. The summed E-state index contributed by atoms with van der Waals surface area (Å²) in [6, 6.07) is 6.78. The smallest absolute Gasteiger partial charge is 0.307 e. The predicted molar refractivity (Wildman–Crippen MR) is 92.2 cm³/mol. The van der Waals surface area contributed by atoms with E-state index in [0.717, 1.165) is 6.07 Å². The predicted octanol–water partition coefficient (Wildman–Crippen LogP) is 3.88. The summed E-state index contributed by atoms with van der Waals surface area (Å²) in [5.41, 5.74) is -0.474. The molecule has 3 aromatic heterocycles. The van der Waals surface area contributed by atoms with Crippen LogP contribution in [0.25, 0.3) is 22.3 Å². The van der Waals surface area contributed by atoms with Gasteiger partial charge in [0.2, 0.25) is 5.95 Å². The third kappa shape index (κ3) is 3.28. The Bertz CT molecular complexity index is 1120. The maximum Gasteiger partial charge on any atom is 0.417 e. The lowest BCUT2D eigenvalue weighted by molar-refractivity contribution is -0.137. The standard InChI is InChI=1S/C17H12F3N7/c1-9-22-16(27-26-9)25-15-11-8-21-7-6-13(11)23-14(24-15)10-4-2-3-5-12(10)17(18,19)20/h2-8H,1H3,(H2,22,23,24,25,26,27). The van der Waals surface area contributed by atoms with Crippen molar-refractivity contribution in [2.75, 3.05) is 5.32 Å². The molecule has 0 saturated carbocycles. The van der Waals surface area contributed by atoms with Crippen LogP contribution in [0.4, 0.5) is 24.9 Å². The van der Waals surface area contributed by atoms with Crippen molar-refractivity contribution in [2.24, 2.45) is 0 Å². The molecule has 0 aliphatic heterocycles. The number of rotatable bonds is 3. The highest BCUT2D eigenvalue weighted by atomic mass is 19.4. The molecular weight excluding hydrogens is 359 g/mol. The van der Waals surface area contributed by atoms with Gasteiger partial charge in [0.25, 0.3) is 0 Å². The van der Waals surface area contributed by atoms with E-state index in [1.807, 2.05) is 0 Å². The van der Waals surface area contributed by atoms with Crippen LogP contribution in [0.2, 0.25) is 0 Å². The maximum atomic E-state index is 13.4. The molecule has 2 N–H and O–H groups in total. The van der Waals surface area contributed by atoms with E-state index in [1.165, 1.54) is 30.6 Å². The Morgan fingerprint density at radius 3 is 2.59 bits per heavy atom. The third-order valence-electron chi connectivity index (χ3n) is 3.80. The minimum absolute atomic E-state index is 0.0589. The summed E-state index contributed by atoms with van der Waals surface area (Å²) < 4.78 is 40.2. The Morgan fingerprint density at radius 1 is 1.04 bits per heavy atom. The van der Waals surface area contributed by atoms with Crippen LogP contribution in [-0.2, 0) is 6.18 Å². The summed E-state index contributed by atoms with van der Waals surface area (Å²) in [6.45, 7) is 1.73. The van der Waals surface area contributed by atoms with Crippen LogP contribution in [-0.4, -0.2) is 30.1 Å². The molecule has 0 atom stereocenters. The van der Waals surface area contributed by atoms with E-state index in [9.17, 15) is 13.2 Å². The van der Waals surface area contributed by atoms with E-state index in [-0.39, 0.29) is 23.2 Å². The van der Waals surface area contributed by atoms with Crippen molar-refractivity contribution < 1.29 is 13.2 Å². The van der Waals surface area contributed by atoms with Crippen molar-refractivity contribution in [3.8, 4) is 11.4 Å². The van der Waals surface area contributed by atoms with Gasteiger partial charge in [-0.15, -0.1) is 5.10 Å². The third-order valence-corrected chi connectivity index (χ3v) is 3.80. The number of nitrogens with one attached hydrogen (secondary N) is 2. The average molecular weight is 371 g/mol. The number of benzene rings is 1. The molecular formula is C17H12F3N7. The fraction of sp³-hybridized carbons (Fsp3) is 0.118. The normalized spacial score (nSPS) is 11.7. The van der Waals surface area contributed by atoms with Crippen LogP contribution in [0.3, 0.4) is 0 Å². The molecule has 136 valence electrons. The quantitative estimate of drug-likeness (QED) is 0.568. The highest BCUT2D eigenvalue weighted by Crippen LogP contribution is 2.36. The molecule has 0 aliphatic rings. The maximum absolute atomic E-state index is 13.4. The first kappa shape index (κ1) is 16.9. The summed E-state index contributed by atoms with van der Waals surface area (Å²) in [4.78, 5) is 16.7. The number of halogens is 3. The Labute approximate surface area is 150 Å². The van der Waals surface area contributed by atoms with Crippen molar-refractivity contribution in [2.45, 2.75) is 13.1 Å². The van der Waals surface area contributed by atoms with Crippen LogP contribution >= 0.6 is 0 Å². The number of nitrogens with zero attached hydrogens (tertiary/aromatic N) is 5. The van der Waals surface area contributed by atoms with Gasteiger partial charge in [0.15, 0.2) is 5.82 Å². The molecule has 0 bridgehead atoms. The van der Waals surface area contributed by atoms with E-state index < -0.39 is 11.7 Å². The van der Waals surface area contributed by atoms with Crippen LogP contribution in [0.5, 0.6) is 0 Å². The van der Waals surface area contributed by atoms with Crippen LogP contribution in [0, 0.1) is 6.92 Å². The lowest BCUT2D eigenvalue weighted by atomic mass is 10.1. The first-order valence-corrected chi connectivity index (χ1v) is 7.86. The summed E-state index contributed by atoms with van der Waals surface area (Å²) >= 11 is 0. The van der Waals surface area contributed by atoms with Gasteiger partial charge in [-0.3, -0.25) is 10.1 Å². The summed E-state index contributed by atoms with van der Waals surface area (Å²) in [5, 5.41) is 10.1. The minimum Gasteiger partial charge on any atom is -0.307 e. The lowest BCUT2D eigenvalue weighted by Crippen LogP contribution is -2.09. The molecule has 0 radical (unpaired) electrons. The molecule has 7 nitrogen and oxygen atoms in total. The van der Waals surface area contributed by atoms with Gasteiger partial charge in [-0.25, -0.2) is 9.97 Å². The Balaban J connectivity index is 1.91. The van der Waals surface area contributed by atoms with E-state index in [0.29, 0.717) is 16.7 Å². The fourth-order valence-corrected chi connectivity index (χ4v) is 2.62. The zero-order valence-electron chi connectivity index (χ0n) is 13.9. The number of H-pyrrole nitrogens is 1. The number of anilines is 2. The van der Waals surface area contributed by atoms with Gasteiger partial charge in [-0.2, -0.15) is 18.2 Å². The molecule has 0 amide bonds. The molecule has 4 rings (SSSR count). The molecule has 0 spiro atoms. The largest absolute Gasteiger partial charge is 0.417 e. The average Bonchev–Trinajstić information content (AvgIpc) is 3.06. The van der Waals surface area contributed by atoms with E-state index >= 15 is 0 Å². The van der Waals surface area contributed by atoms with Gasteiger partial charge in [0, 0.05) is 18.0 Å². The first-order valence-electron chi connectivity index (χ1n) is 7.86. The summed E-state index contributed by atoms with van der Waals surface area (Å²) in [5.74, 6) is 1.03. The highest BCUT2D eigenvalue weighted by molar-refractivity contribution is 5.91. The molecule has 10 heteroatoms. The van der Waals surface area contributed by atoms with Crippen LogP contribution < -0.4 is 5.32 Å². The van der Waals surface area contributed by atoms with Gasteiger partial charge in [0.1, 0.15) is 11.6 Å². The number of hydrogen-bond acceptors (Lipinski definition) is 6. The van der Waals surface area contributed by atoms with Crippen LogP contribution in [0.15, 0.2) is 42.7 Å². The van der Waals surface area contributed by atoms with E-state index in [2.05, 4.69) is 35.5 Å². The van der Waals surface area contributed by atoms with Crippen molar-refractivity contribution in [3.05, 3.63) is 54.1 Å². The van der Waals surface area contributed by atoms with Gasteiger partial charge < -0.3 is 5.32 Å². The number of fused-ring (bicyclic) bond motifs is 1. The number of pyridine rings is 1.